The van der Waals surface area contributed by atoms with Gasteiger partial charge in [-0.25, -0.2) is 0 Å². The topological polar surface area (TPSA) is 29.5 Å². The van der Waals surface area contributed by atoms with Gasteiger partial charge in [0.15, 0.2) is 0 Å². The van der Waals surface area contributed by atoms with E-state index >= 15 is 0 Å². The second-order valence-electron chi connectivity index (χ2n) is 4.13. The fourth-order valence-electron chi connectivity index (χ4n) is 1.28. The number of nitrogens with zero attached hydrogens (tertiary/aromatic N) is 1. The number of benzene rings is 1. The van der Waals surface area contributed by atoms with Crippen LogP contribution in [-0.2, 0) is 4.79 Å². The highest BCUT2D eigenvalue weighted by molar-refractivity contribution is 5.75. The number of carbonyl (C=O) groups excluding carboxylic acids is 1. The zero-order chi connectivity index (χ0) is 12.1. The molecular formula is C13H19NO2. The van der Waals surface area contributed by atoms with Gasteiger partial charge in [-0.2, -0.15) is 0 Å². The molecule has 1 rings (SSSR count). The lowest BCUT2D eigenvalue weighted by atomic mass is 10.1. The van der Waals surface area contributed by atoms with Crippen molar-refractivity contribution in [1.82, 2.24) is 4.90 Å². The Labute approximate surface area is 97.0 Å². The van der Waals surface area contributed by atoms with E-state index in [0.717, 1.165) is 5.75 Å². The minimum Gasteiger partial charge on any atom is -0.493 e. The summed E-state index contributed by atoms with van der Waals surface area (Å²) in [4.78, 5) is 12.9. The van der Waals surface area contributed by atoms with Crippen LogP contribution >= 0.6 is 0 Å². The van der Waals surface area contributed by atoms with E-state index < -0.39 is 0 Å². The Morgan fingerprint density at radius 1 is 1.25 bits per heavy atom. The van der Waals surface area contributed by atoms with E-state index in [2.05, 4.69) is 6.92 Å². The van der Waals surface area contributed by atoms with Crippen LogP contribution in [0.2, 0.25) is 0 Å². The minimum atomic E-state index is 0.0869. The molecule has 1 amide bonds. The highest BCUT2D eigenvalue weighted by atomic mass is 16.5. The van der Waals surface area contributed by atoms with E-state index in [0.29, 0.717) is 13.0 Å². The summed E-state index contributed by atoms with van der Waals surface area (Å²) >= 11 is 0. The molecule has 0 heterocycles. The fourth-order valence-corrected chi connectivity index (χ4v) is 1.28. The Kier molecular flexibility index (Phi) is 4.35. The van der Waals surface area contributed by atoms with Crippen molar-refractivity contribution in [3.63, 3.8) is 0 Å². The van der Waals surface area contributed by atoms with Crippen LogP contribution in [0.15, 0.2) is 18.2 Å². The minimum absolute atomic E-state index is 0.0869. The lowest BCUT2D eigenvalue weighted by Crippen LogP contribution is -2.23. The van der Waals surface area contributed by atoms with Crippen molar-refractivity contribution >= 4 is 5.91 Å². The van der Waals surface area contributed by atoms with Crippen LogP contribution in [-0.4, -0.2) is 31.5 Å². The smallest absolute Gasteiger partial charge is 0.225 e. The molecule has 0 saturated carbocycles. The van der Waals surface area contributed by atoms with Crippen LogP contribution in [0.4, 0.5) is 0 Å². The van der Waals surface area contributed by atoms with Crippen LogP contribution in [0.5, 0.6) is 5.75 Å². The van der Waals surface area contributed by atoms with Crippen LogP contribution < -0.4 is 4.74 Å². The highest BCUT2D eigenvalue weighted by Crippen LogP contribution is 2.16. The number of rotatable bonds is 4. The Balaban J connectivity index is 2.43. The van der Waals surface area contributed by atoms with E-state index in [1.165, 1.54) is 11.1 Å². The van der Waals surface area contributed by atoms with Gasteiger partial charge in [-0.05, 0) is 37.1 Å². The van der Waals surface area contributed by atoms with Crippen LogP contribution in [0, 0.1) is 13.8 Å². The Bertz CT molecular complexity index is 372. The molecule has 0 radical (unpaired) electrons. The van der Waals surface area contributed by atoms with Gasteiger partial charge in [0.05, 0.1) is 13.0 Å². The molecule has 0 aliphatic rings. The van der Waals surface area contributed by atoms with E-state index in [-0.39, 0.29) is 5.91 Å². The van der Waals surface area contributed by atoms with E-state index in [4.69, 9.17) is 4.74 Å². The van der Waals surface area contributed by atoms with Crippen molar-refractivity contribution < 1.29 is 9.53 Å². The maximum Gasteiger partial charge on any atom is 0.225 e. The van der Waals surface area contributed by atoms with Gasteiger partial charge in [0.2, 0.25) is 5.91 Å². The van der Waals surface area contributed by atoms with Gasteiger partial charge in [-0.3, -0.25) is 4.79 Å². The highest BCUT2D eigenvalue weighted by Gasteiger charge is 2.04. The first-order valence-corrected chi connectivity index (χ1v) is 5.41. The fraction of sp³-hybridized carbons (Fsp3) is 0.462. The van der Waals surface area contributed by atoms with Gasteiger partial charge < -0.3 is 9.64 Å². The molecule has 0 saturated heterocycles. The summed E-state index contributed by atoms with van der Waals surface area (Å²) in [6, 6.07) is 5.95. The van der Waals surface area contributed by atoms with Gasteiger partial charge in [-0.15, -0.1) is 0 Å². The second kappa shape index (κ2) is 5.54. The number of ether oxygens (including phenoxy) is 1. The number of aryl methyl sites for hydroxylation is 2. The Morgan fingerprint density at radius 2 is 1.94 bits per heavy atom. The molecule has 0 spiro atoms. The predicted molar refractivity (Wildman–Crippen MR) is 64.7 cm³/mol. The summed E-state index contributed by atoms with van der Waals surface area (Å²) in [6.07, 6.45) is 0.417. The number of hydrogen-bond donors (Lipinski definition) is 0. The lowest BCUT2D eigenvalue weighted by Gasteiger charge is -2.11. The molecule has 0 unspecified atom stereocenters. The summed E-state index contributed by atoms with van der Waals surface area (Å²) in [5, 5.41) is 0. The van der Waals surface area contributed by atoms with Crippen molar-refractivity contribution in [2.24, 2.45) is 0 Å². The summed E-state index contributed by atoms with van der Waals surface area (Å²) in [5.74, 6) is 0.915. The third-order valence-electron chi connectivity index (χ3n) is 2.56. The number of hydrogen-bond acceptors (Lipinski definition) is 2. The first-order chi connectivity index (χ1) is 7.50. The van der Waals surface area contributed by atoms with Crippen molar-refractivity contribution in [3.05, 3.63) is 29.3 Å². The Morgan fingerprint density at radius 3 is 2.50 bits per heavy atom. The molecule has 0 bridgehead atoms. The van der Waals surface area contributed by atoms with Gasteiger partial charge >= 0.3 is 0 Å². The quantitative estimate of drug-likeness (QED) is 0.779. The van der Waals surface area contributed by atoms with Crippen LogP contribution in [0.1, 0.15) is 17.5 Å². The molecule has 88 valence electrons. The first-order valence-electron chi connectivity index (χ1n) is 5.41. The largest absolute Gasteiger partial charge is 0.493 e. The van der Waals surface area contributed by atoms with Crippen molar-refractivity contribution in [2.75, 3.05) is 20.7 Å². The maximum absolute atomic E-state index is 11.3. The molecule has 1 aromatic rings. The summed E-state index contributed by atoms with van der Waals surface area (Å²) in [7, 11) is 3.50. The first kappa shape index (κ1) is 12.6. The average Bonchev–Trinajstić information content (AvgIpc) is 2.23. The molecule has 0 aliphatic carbocycles. The second-order valence-corrected chi connectivity index (χ2v) is 4.13. The summed E-state index contributed by atoms with van der Waals surface area (Å²) in [6.45, 7) is 4.54. The van der Waals surface area contributed by atoms with Crippen LogP contribution in [0.25, 0.3) is 0 Å². The van der Waals surface area contributed by atoms with E-state index in [1.807, 2.05) is 25.1 Å². The molecule has 0 aliphatic heterocycles. The van der Waals surface area contributed by atoms with E-state index in [9.17, 15) is 4.79 Å². The molecule has 0 atom stereocenters. The molecule has 1 aromatic carbocycles. The summed E-state index contributed by atoms with van der Waals surface area (Å²) in [5.41, 5.74) is 2.45. The number of amides is 1. The van der Waals surface area contributed by atoms with Crippen LogP contribution in [0.3, 0.4) is 0 Å². The molecule has 16 heavy (non-hydrogen) atoms. The third kappa shape index (κ3) is 3.57. The zero-order valence-corrected chi connectivity index (χ0v) is 10.4. The monoisotopic (exact) mass is 221 g/mol. The van der Waals surface area contributed by atoms with Crippen molar-refractivity contribution in [3.8, 4) is 5.75 Å². The normalized spacial score (nSPS) is 10.0. The average molecular weight is 221 g/mol. The molecule has 0 N–H and O–H groups in total. The van der Waals surface area contributed by atoms with Gasteiger partial charge in [0.1, 0.15) is 5.75 Å². The standard InChI is InChI=1S/C13H19NO2/c1-10-5-6-12(9-11(10)2)16-8-7-13(15)14(3)4/h5-6,9H,7-8H2,1-4H3. The van der Waals surface area contributed by atoms with Gasteiger partial charge in [0, 0.05) is 14.1 Å². The number of carbonyl (C=O) groups is 1. The predicted octanol–water partition coefficient (Wildman–Crippen LogP) is 2.16. The SMILES string of the molecule is Cc1ccc(OCCC(=O)N(C)C)cc1C. The van der Waals surface area contributed by atoms with Gasteiger partial charge in [-0.1, -0.05) is 6.07 Å². The molecular weight excluding hydrogens is 202 g/mol. The zero-order valence-electron chi connectivity index (χ0n) is 10.4. The lowest BCUT2D eigenvalue weighted by molar-refractivity contribution is -0.129. The maximum atomic E-state index is 11.3. The van der Waals surface area contributed by atoms with Crippen molar-refractivity contribution in [1.29, 1.82) is 0 Å². The van der Waals surface area contributed by atoms with E-state index in [1.54, 1.807) is 19.0 Å². The molecule has 3 nitrogen and oxygen atoms in total. The molecule has 0 aromatic heterocycles. The molecule has 0 fully saturated rings. The molecule has 3 heteroatoms. The summed E-state index contributed by atoms with van der Waals surface area (Å²) < 4.78 is 5.52. The third-order valence-corrected chi connectivity index (χ3v) is 2.56. The van der Waals surface area contributed by atoms with Crippen molar-refractivity contribution in [2.45, 2.75) is 20.3 Å². The van der Waals surface area contributed by atoms with Gasteiger partial charge in [0.25, 0.3) is 0 Å². The Hall–Kier alpha value is -1.51.